The Balaban J connectivity index is 2.21. The van der Waals surface area contributed by atoms with Gasteiger partial charge in [-0.3, -0.25) is 0 Å². The lowest BCUT2D eigenvalue weighted by atomic mass is 10.2. The summed E-state index contributed by atoms with van der Waals surface area (Å²) < 4.78 is 27.9. The molecule has 0 unspecified atom stereocenters. The first-order valence-electron chi connectivity index (χ1n) is 6.49. The fourth-order valence-electron chi connectivity index (χ4n) is 2.52. The van der Waals surface area contributed by atoms with Gasteiger partial charge in [0.15, 0.2) is 16.1 Å². The molecular formula is C13H13ClF2N4S. The highest BCUT2D eigenvalue weighted by atomic mass is 35.5. The van der Waals surface area contributed by atoms with Crippen molar-refractivity contribution in [1.29, 1.82) is 0 Å². The molecule has 0 spiro atoms. The quantitative estimate of drug-likeness (QED) is 0.479. The maximum atomic E-state index is 14.2. The molecule has 2 atom stereocenters. The van der Waals surface area contributed by atoms with Gasteiger partial charge in [-0.25, -0.2) is 23.7 Å². The molecule has 3 rings (SSSR count). The van der Waals surface area contributed by atoms with Crippen LogP contribution >= 0.6 is 23.4 Å². The minimum Gasteiger partial charge on any atom is -0.350 e. The van der Waals surface area contributed by atoms with Gasteiger partial charge in [0.05, 0.1) is 11.4 Å². The van der Waals surface area contributed by atoms with Crippen molar-refractivity contribution >= 4 is 40.1 Å². The van der Waals surface area contributed by atoms with Gasteiger partial charge in [-0.1, -0.05) is 23.4 Å². The zero-order chi connectivity index (χ0) is 15.1. The number of hydrogen-bond acceptors (Lipinski definition) is 5. The van der Waals surface area contributed by atoms with Gasteiger partial charge in [-0.15, -0.1) is 0 Å². The largest absolute Gasteiger partial charge is 0.350 e. The maximum Gasteiger partial charge on any atom is 0.187 e. The summed E-state index contributed by atoms with van der Waals surface area (Å²) in [5.74, 6) is -0.228. The van der Waals surface area contributed by atoms with E-state index in [2.05, 4.69) is 15.0 Å². The summed E-state index contributed by atoms with van der Waals surface area (Å²) in [6.45, 7) is 2.29. The summed E-state index contributed by atoms with van der Waals surface area (Å²) >= 11 is 7.19. The minimum absolute atomic E-state index is 0.124. The topological polar surface area (TPSA) is 41.9 Å². The summed E-state index contributed by atoms with van der Waals surface area (Å²) in [6, 6.07) is -0.331. The van der Waals surface area contributed by atoms with Crippen molar-refractivity contribution in [2.75, 3.05) is 17.7 Å². The molecular weight excluding hydrogens is 318 g/mol. The molecule has 2 aromatic heterocycles. The Morgan fingerprint density at radius 1 is 1.43 bits per heavy atom. The molecule has 1 aliphatic rings. The second kappa shape index (κ2) is 5.53. The Morgan fingerprint density at radius 2 is 2.19 bits per heavy atom. The monoisotopic (exact) mass is 330 g/mol. The number of aromatic nitrogens is 3. The number of hydrogen-bond donors (Lipinski definition) is 0. The molecule has 1 saturated heterocycles. The molecule has 1 aliphatic heterocycles. The highest BCUT2D eigenvalue weighted by molar-refractivity contribution is 7.98. The predicted molar refractivity (Wildman–Crippen MR) is 80.4 cm³/mol. The smallest absolute Gasteiger partial charge is 0.187 e. The van der Waals surface area contributed by atoms with E-state index in [1.54, 1.807) is 18.1 Å². The van der Waals surface area contributed by atoms with E-state index in [0.717, 1.165) is 0 Å². The van der Waals surface area contributed by atoms with Crippen LogP contribution in [0.3, 0.4) is 0 Å². The van der Waals surface area contributed by atoms with Gasteiger partial charge in [0.25, 0.3) is 0 Å². The van der Waals surface area contributed by atoms with Crippen LogP contribution in [0.25, 0.3) is 10.9 Å². The first-order chi connectivity index (χ1) is 10.0. The fourth-order valence-corrected chi connectivity index (χ4v) is 3.03. The van der Waals surface area contributed by atoms with Gasteiger partial charge < -0.3 is 4.90 Å². The lowest BCUT2D eigenvalue weighted by molar-refractivity contribution is 0.320. The summed E-state index contributed by atoms with van der Waals surface area (Å²) in [6.07, 6.45) is 2.81. The lowest BCUT2D eigenvalue weighted by Gasteiger charge is -2.24. The Hall–Kier alpha value is -1.21. The van der Waals surface area contributed by atoms with Crippen molar-refractivity contribution in [2.24, 2.45) is 0 Å². The standard InChI is InChI=1S/C13H13ClF2N4S/c1-6-8(15)3-4-20(6)12-7-5-17-13(21-2)18-10(7)9(16)11(14)19-12/h5-6,8H,3-4H2,1-2H3/t6-,8+/m0/s1. The van der Waals surface area contributed by atoms with E-state index in [4.69, 9.17) is 11.6 Å². The van der Waals surface area contributed by atoms with E-state index in [9.17, 15) is 8.78 Å². The van der Waals surface area contributed by atoms with Crippen LogP contribution in [0, 0.1) is 5.82 Å². The van der Waals surface area contributed by atoms with Crippen LogP contribution in [-0.4, -0.2) is 40.0 Å². The van der Waals surface area contributed by atoms with Crippen LogP contribution in [0.5, 0.6) is 0 Å². The van der Waals surface area contributed by atoms with E-state index >= 15 is 0 Å². The zero-order valence-corrected chi connectivity index (χ0v) is 13.0. The molecule has 0 radical (unpaired) electrons. The molecule has 0 aromatic carbocycles. The molecule has 1 fully saturated rings. The van der Waals surface area contributed by atoms with E-state index < -0.39 is 12.0 Å². The van der Waals surface area contributed by atoms with Gasteiger partial charge >= 0.3 is 0 Å². The van der Waals surface area contributed by atoms with Gasteiger partial charge in [0, 0.05) is 12.7 Å². The molecule has 4 nitrogen and oxygen atoms in total. The van der Waals surface area contributed by atoms with Crippen molar-refractivity contribution in [3.05, 3.63) is 17.2 Å². The molecule has 112 valence electrons. The molecule has 8 heteroatoms. The number of thioether (sulfide) groups is 1. The van der Waals surface area contributed by atoms with E-state index in [1.807, 2.05) is 0 Å². The average Bonchev–Trinajstić information content (AvgIpc) is 2.82. The van der Waals surface area contributed by atoms with Gasteiger partial charge in [0.1, 0.15) is 17.5 Å². The number of fused-ring (bicyclic) bond motifs is 1. The second-order valence-electron chi connectivity index (χ2n) is 4.90. The number of rotatable bonds is 2. The van der Waals surface area contributed by atoms with Crippen LogP contribution in [-0.2, 0) is 0 Å². The summed E-state index contributed by atoms with van der Waals surface area (Å²) in [5, 5.41) is 0.654. The third-order valence-electron chi connectivity index (χ3n) is 3.72. The van der Waals surface area contributed by atoms with Crippen molar-refractivity contribution in [3.63, 3.8) is 0 Å². The summed E-state index contributed by atoms with van der Waals surface area (Å²) in [5.41, 5.74) is 0.124. The van der Waals surface area contributed by atoms with E-state index in [1.165, 1.54) is 18.0 Å². The van der Waals surface area contributed by atoms with Crippen molar-refractivity contribution in [3.8, 4) is 0 Å². The number of pyridine rings is 1. The van der Waals surface area contributed by atoms with Crippen LogP contribution in [0.15, 0.2) is 11.4 Å². The number of nitrogens with zero attached hydrogens (tertiary/aromatic N) is 4. The van der Waals surface area contributed by atoms with E-state index in [-0.39, 0.29) is 16.7 Å². The molecule has 0 aliphatic carbocycles. The molecule has 21 heavy (non-hydrogen) atoms. The lowest BCUT2D eigenvalue weighted by Crippen LogP contribution is -2.31. The third-order valence-corrected chi connectivity index (χ3v) is 4.53. The Morgan fingerprint density at radius 3 is 2.81 bits per heavy atom. The number of anilines is 1. The molecule has 0 bridgehead atoms. The summed E-state index contributed by atoms with van der Waals surface area (Å²) in [4.78, 5) is 14.2. The molecule has 0 saturated carbocycles. The predicted octanol–water partition coefficient (Wildman–Crippen LogP) is 3.48. The SMILES string of the molecule is CSc1ncc2c(N3CC[C@@H](F)[C@@H]3C)nc(Cl)c(F)c2n1. The number of halogens is 3. The Bertz CT molecular complexity index is 699. The Labute approximate surface area is 129 Å². The zero-order valence-electron chi connectivity index (χ0n) is 11.5. The first kappa shape index (κ1) is 14.7. The van der Waals surface area contributed by atoms with Crippen LogP contribution in [0.4, 0.5) is 14.6 Å². The summed E-state index contributed by atoms with van der Waals surface area (Å²) in [7, 11) is 0. The van der Waals surface area contributed by atoms with Crippen LogP contribution < -0.4 is 4.90 Å². The molecule has 3 heterocycles. The Kier molecular flexibility index (Phi) is 3.88. The highest BCUT2D eigenvalue weighted by Gasteiger charge is 2.33. The molecule has 0 amide bonds. The maximum absolute atomic E-state index is 14.2. The van der Waals surface area contributed by atoms with Crippen molar-refractivity contribution < 1.29 is 8.78 Å². The normalized spacial score (nSPS) is 22.2. The fraction of sp³-hybridized carbons (Fsp3) is 0.462. The van der Waals surface area contributed by atoms with E-state index in [0.29, 0.717) is 29.3 Å². The van der Waals surface area contributed by atoms with Gasteiger partial charge in [0.2, 0.25) is 0 Å². The third kappa shape index (κ3) is 2.42. The van der Waals surface area contributed by atoms with Crippen molar-refractivity contribution in [2.45, 2.75) is 30.7 Å². The average molecular weight is 331 g/mol. The van der Waals surface area contributed by atoms with Crippen LogP contribution in [0.1, 0.15) is 13.3 Å². The minimum atomic E-state index is -0.933. The van der Waals surface area contributed by atoms with Gasteiger partial charge in [-0.2, -0.15) is 0 Å². The van der Waals surface area contributed by atoms with Crippen molar-refractivity contribution in [1.82, 2.24) is 15.0 Å². The van der Waals surface area contributed by atoms with Crippen LogP contribution in [0.2, 0.25) is 5.15 Å². The highest BCUT2D eigenvalue weighted by Crippen LogP contribution is 2.34. The number of alkyl halides is 1. The second-order valence-corrected chi connectivity index (χ2v) is 6.03. The van der Waals surface area contributed by atoms with Gasteiger partial charge in [-0.05, 0) is 19.6 Å². The molecule has 0 N–H and O–H groups in total. The first-order valence-corrected chi connectivity index (χ1v) is 8.09. The molecule has 2 aromatic rings.